The van der Waals surface area contributed by atoms with Crippen LogP contribution >= 0.6 is 70.5 Å². The average molecular weight is 972 g/mol. The molecule has 54 heavy (non-hydrogen) atoms. The summed E-state index contributed by atoms with van der Waals surface area (Å²) in [4.78, 5) is 0. The Bertz CT molecular complexity index is 2070. The van der Waals surface area contributed by atoms with Gasteiger partial charge in [0.05, 0.1) is 28.4 Å². The monoisotopic (exact) mass is 968 g/mol. The second kappa shape index (κ2) is 20.3. The predicted molar refractivity (Wildman–Crippen MR) is 223 cm³/mol. The molecule has 0 saturated carbocycles. The molecule has 14 heteroatoms. The summed E-state index contributed by atoms with van der Waals surface area (Å²) in [6, 6.07) is 27.9. The first kappa shape index (κ1) is 43.1. The molecule has 0 radical (unpaired) electrons. The van der Waals surface area contributed by atoms with Crippen molar-refractivity contribution in [2.24, 2.45) is 0 Å². The molecule has 0 aliphatic rings. The van der Waals surface area contributed by atoms with Crippen LogP contribution in [-0.4, -0.2) is 31.6 Å². The molecule has 0 aliphatic heterocycles. The van der Waals surface area contributed by atoms with Crippen LogP contribution in [0.5, 0.6) is 23.0 Å². The molecule has 0 saturated heterocycles. The molecule has 0 aliphatic carbocycles. The van der Waals surface area contributed by atoms with Crippen LogP contribution in [0.1, 0.15) is 0 Å². The number of para-hydroxylation sites is 2. The Morgan fingerprint density at radius 2 is 0.648 bits per heavy atom. The minimum Gasteiger partial charge on any atom is -0.496 e. The topological polar surface area (TPSA) is 36.9 Å². The first-order valence-corrected chi connectivity index (χ1v) is 19.2. The zero-order valence-electron chi connectivity index (χ0n) is 29.0. The maximum atomic E-state index is 14.8. The van der Waals surface area contributed by atoms with Gasteiger partial charge in [0.2, 0.25) is 0 Å². The second-order valence-electron chi connectivity index (χ2n) is 11.0. The fraction of sp³-hybridized carbons (Fsp3) is 0.100. The smallest absolute Gasteiger partial charge is 0.369 e. The molecule has 6 aromatic rings. The molecule has 0 amide bonds. The van der Waals surface area contributed by atoms with E-state index in [1.54, 1.807) is 84.9 Å². The molecule has 0 heterocycles. The van der Waals surface area contributed by atoms with Crippen molar-refractivity contribution in [3.63, 3.8) is 0 Å². The van der Waals surface area contributed by atoms with Gasteiger partial charge in [0, 0.05) is 54.6 Å². The number of rotatable bonds is 8. The van der Waals surface area contributed by atoms with Crippen LogP contribution in [0.4, 0.5) is 17.6 Å². The number of hydrogen-bond acceptors (Lipinski definition) is 4. The van der Waals surface area contributed by atoms with E-state index in [2.05, 4.69) is 47.3 Å². The SMILES string of the molecule is BrB(Br)Br.COc1ccccc1-c1cc(F)c(-c2cc(Cl)ccc2OC)cc1F.COc1ccccc1-c1cc(F)c(-c2cc(Cl)ccc2OC)cc1F. The van der Waals surface area contributed by atoms with Gasteiger partial charge in [0.1, 0.15) is 46.3 Å². The molecular formula is C40H30BBr3Cl2F4O4. The molecular weight excluding hydrogens is 942 g/mol. The van der Waals surface area contributed by atoms with Crippen molar-refractivity contribution in [3.8, 4) is 67.5 Å². The summed E-state index contributed by atoms with van der Waals surface area (Å²) in [6.45, 7) is 0. The highest BCUT2D eigenvalue weighted by molar-refractivity contribution is 9.69. The van der Waals surface area contributed by atoms with Crippen LogP contribution in [0, 0.1) is 23.3 Å². The van der Waals surface area contributed by atoms with Crippen molar-refractivity contribution in [1.29, 1.82) is 0 Å². The van der Waals surface area contributed by atoms with E-state index in [-0.39, 0.29) is 25.4 Å². The molecule has 0 aromatic heterocycles. The van der Waals surface area contributed by atoms with Gasteiger partial charge in [-0.3, -0.25) is 0 Å². The quantitative estimate of drug-likeness (QED) is 0.112. The van der Waals surface area contributed by atoms with Crippen LogP contribution in [0.25, 0.3) is 44.5 Å². The van der Waals surface area contributed by atoms with E-state index < -0.39 is 23.3 Å². The number of halogens is 9. The minimum absolute atomic E-state index is 0.0792. The maximum absolute atomic E-state index is 14.8. The van der Waals surface area contributed by atoms with Gasteiger partial charge in [-0.05, 0) is 72.8 Å². The average Bonchev–Trinajstić information content (AvgIpc) is 3.16. The van der Waals surface area contributed by atoms with Crippen molar-refractivity contribution < 1.29 is 36.5 Å². The minimum atomic E-state index is -0.581. The highest BCUT2D eigenvalue weighted by Crippen LogP contribution is 2.40. The fourth-order valence-corrected chi connectivity index (χ4v) is 5.78. The Morgan fingerprint density at radius 3 is 0.944 bits per heavy atom. The van der Waals surface area contributed by atoms with Crippen LogP contribution < -0.4 is 18.9 Å². The number of benzene rings is 6. The normalized spacial score (nSPS) is 10.3. The lowest BCUT2D eigenvalue weighted by molar-refractivity contribution is 0.415. The number of ether oxygens (including phenoxy) is 4. The Morgan fingerprint density at radius 1 is 0.389 bits per heavy atom. The Kier molecular flexibility index (Phi) is 16.2. The summed E-state index contributed by atoms with van der Waals surface area (Å²) in [5.74, 6) is -0.542. The molecule has 0 unspecified atom stereocenters. The lowest BCUT2D eigenvalue weighted by atomic mass is 9.98. The maximum Gasteiger partial charge on any atom is 0.369 e. The highest BCUT2D eigenvalue weighted by atomic mass is 79.9. The van der Waals surface area contributed by atoms with Gasteiger partial charge in [-0.1, -0.05) is 59.6 Å². The van der Waals surface area contributed by atoms with E-state index >= 15 is 0 Å². The Hall–Kier alpha value is -3.68. The molecule has 0 spiro atoms. The Labute approximate surface area is 346 Å². The van der Waals surface area contributed by atoms with E-state index in [1.807, 2.05) is 0 Å². The third kappa shape index (κ3) is 10.8. The van der Waals surface area contributed by atoms with E-state index in [1.165, 1.54) is 28.4 Å². The van der Waals surface area contributed by atoms with E-state index in [0.717, 1.165) is 24.3 Å². The first-order chi connectivity index (χ1) is 25.8. The van der Waals surface area contributed by atoms with Crippen LogP contribution in [0.2, 0.25) is 10.0 Å². The largest absolute Gasteiger partial charge is 0.496 e. The van der Waals surface area contributed by atoms with Gasteiger partial charge in [-0.15, -0.1) is 47.3 Å². The molecule has 0 bridgehead atoms. The summed E-state index contributed by atoms with van der Waals surface area (Å²) in [5, 5.41) is 0.814. The lowest BCUT2D eigenvalue weighted by Gasteiger charge is -2.13. The van der Waals surface area contributed by atoms with Crippen molar-refractivity contribution in [1.82, 2.24) is 0 Å². The van der Waals surface area contributed by atoms with Gasteiger partial charge in [-0.2, -0.15) is 0 Å². The first-order valence-electron chi connectivity index (χ1n) is 15.7. The van der Waals surface area contributed by atoms with Crippen molar-refractivity contribution in [3.05, 3.63) is 143 Å². The van der Waals surface area contributed by atoms with Crippen molar-refractivity contribution in [2.45, 2.75) is 0 Å². The molecule has 6 rings (SSSR count). The standard InChI is InChI=1S/2C20H15ClF2O2.BBr3/c2*1-24-19-6-4-3-5-13(19)14-10-18(23)15(11-17(14)22)16-9-12(21)7-8-20(16)25-2;2-1(3)4/h2*3-11H,1-2H3;. The predicted octanol–water partition coefficient (Wildman–Crippen LogP) is 14.1. The molecule has 0 N–H and O–H groups in total. The van der Waals surface area contributed by atoms with E-state index in [0.29, 0.717) is 55.3 Å². The van der Waals surface area contributed by atoms with Crippen LogP contribution in [0.15, 0.2) is 109 Å². The molecule has 4 nitrogen and oxygen atoms in total. The summed E-state index contributed by atoms with van der Waals surface area (Å²) >= 11 is 21.3. The molecule has 0 fully saturated rings. The zero-order valence-corrected chi connectivity index (χ0v) is 35.3. The summed E-state index contributed by atoms with van der Waals surface area (Å²) < 4.78 is 80.3. The highest BCUT2D eigenvalue weighted by Gasteiger charge is 2.20. The van der Waals surface area contributed by atoms with E-state index in [4.69, 9.17) is 42.1 Å². The van der Waals surface area contributed by atoms with Gasteiger partial charge < -0.3 is 18.9 Å². The Balaban J connectivity index is 0.000000219. The summed E-state index contributed by atoms with van der Waals surface area (Å²) in [6.07, 6.45) is 0. The molecule has 280 valence electrons. The van der Waals surface area contributed by atoms with Gasteiger partial charge in [-0.25, -0.2) is 17.6 Å². The third-order valence-electron chi connectivity index (χ3n) is 7.81. The lowest BCUT2D eigenvalue weighted by Crippen LogP contribution is -1.95. The van der Waals surface area contributed by atoms with Gasteiger partial charge in [0.25, 0.3) is 0 Å². The summed E-state index contributed by atoms with van der Waals surface area (Å²) in [7, 11) is 5.89. The molecule has 6 aromatic carbocycles. The van der Waals surface area contributed by atoms with Crippen LogP contribution in [0.3, 0.4) is 0 Å². The van der Waals surface area contributed by atoms with E-state index in [9.17, 15) is 17.6 Å². The summed E-state index contributed by atoms with van der Waals surface area (Å²) in [5.41, 5.74) is 2.14. The van der Waals surface area contributed by atoms with Crippen LogP contribution in [-0.2, 0) is 0 Å². The van der Waals surface area contributed by atoms with Crippen molar-refractivity contribution in [2.75, 3.05) is 28.4 Å². The van der Waals surface area contributed by atoms with Gasteiger partial charge >= 0.3 is 3.18 Å². The molecule has 0 atom stereocenters. The fourth-order valence-electron chi connectivity index (χ4n) is 5.43. The number of hydrogen-bond donors (Lipinski definition) is 0. The zero-order chi connectivity index (χ0) is 39.5. The van der Waals surface area contributed by atoms with Gasteiger partial charge in [0.15, 0.2) is 0 Å². The van der Waals surface area contributed by atoms with Crippen molar-refractivity contribution >= 4 is 73.7 Å². The second-order valence-corrected chi connectivity index (χ2v) is 18.3. The number of methoxy groups -OCH3 is 4. The third-order valence-corrected chi connectivity index (χ3v) is 8.28.